The predicted octanol–water partition coefficient (Wildman–Crippen LogP) is 3.09. The fourth-order valence-corrected chi connectivity index (χ4v) is 2.86. The van der Waals surface area contributed by atoms with Gasteiger partial charge >= 0.3 is 0 Å². The number of unbranched alkanes of at least 4 members (excludes halogenated alkanes) is 1. The van der Waals surface area contributed by atoms with Crippen LogP contribution in [0.3, 0.4) is 0 Å². The van der Waals surface area contributed by atoms with Crippen LogP contribution in [0.25, 0.3) is 0 Å². The lowest BCUT2D eigenvalue weighted by Crippen LogP contribution is -2.28. The van der Waals surface area contributed by atoms with Crippen molar-refractivity contribution >= 4 is 17.4 Å². The van der Waals surface area contributed by atoms with Crippen LogP contribution in [0.1, 0.15) is 42.2 Å². The lowest BCUT2D eigenvalue weighted by Gasteiger charge is -2.30. The van der Waals surface area contributed by atoms with Crippen LogP contribution < -0.4 is 10.2 Å². The van der Waals surface area contributed by atoms with E-state index in [0.717, 1.165) is 38.0 Å². The molecule has 0 aliphatic carbocycles. The van der Waals surface area contributed by atoms with Crippen molar-refractivity contribution in [2.75, 3.05) is 18.0 Å². The highest BCUT2D eigenvalue weighted by Crippen LogP contribution is 2.32. The zero-order valence-corrected chi connectivity index (χ0v) is 13.5. The fraction of sp³-hybridized carbons (Fsp3) is 0.389. The molecular weight excluding hydrogens is 288 g/mol. The zero-order valence-electron chi connectivity index (χ0n) is 13.5. The number of nitrogens with one attached hydrogen (secondary N) is 1. The number of aromatic nitrogens is 2. The Kier molecular flexibility index (Phi) is 4.86. The van der Waals surface area contributed by atoms with Gasteiger partial charge in [0.2, 0.25) is 0 Å². The van der Waals surface area contributed by atoms with E-state index in [0.29, 0.717) is 12.2 Å². The van der Waals surface area contributed by atoms with Gasteiger partial charge in [0.05, 0.1) is 0 Å². The molecule has 1 aromatic carbocycles. The van der Waals surface area contributed by atoms with E-state index in [9.17, 15) is 4.79 Å². The van der Waals surface area contributed by atoms with Crippen LogP contribution in [0.15, 0.2) is 36.7 Å². The second kappa shape index (κ2) is 7.22. The van der Waals surface area contributed by atoms with E-state index in [4.69, 9.17) is 0 Å². The summed E-state index contributed by atoms with van der Waals surface area (Å²) in [5.41, 5.74) is 2.93. The first-order valence-corrected chi connectivity index (χ1v) is 8.25. The van der Waals surface area contributed by atoms with Gasteiger partial charge in [-0.3, -0.25) is 4.79 Å². The molecule has 23 heavy (non-hydrogen) atoms. The third-order valence-corrected chi connectivity index (χ3v) is 4.09. The largest absolute Gasteiger partial charge is 0.351 e. The summed E-state index contributed by atoms with van der Waals surface area (Å²) in [5, 5.41) is 2.90. The third-order valence-electron chi connectivity index (χ3n) is 4.09. The summed E-state index contributed by atoms with van der Waals surface area (Å²) in [7, 11) is 0. The lowest BCUT2D eigenvalue weighted by atomic mass is 10.0. The van der Waals surface area contributed by atoms with Gasteiger partial charge in [-0.15, -0.1) is 0 Å². The Hall–Kier alpha value is -2.43. The van der Waals surface area contributed by atoms with Crippen molar-refractivity contribution in [3.8, 4) is 0 Å². The molecule has 120 valence electrons. The number of benzene rings is 1. The lowest BCUT2D eigenvalue weighted by molar-refractivity contribution is 0.0948. The SMILES string of the molecule is CCCCNC(=O)c1cc(N2CCCc3ccccc32)ncn1. The molecule has 0 spiro atoms. The maximum Gasteiger partial charge on any atom is 0.270 e. The zero-order chi connectivity index (χ0) is 16.1. The standard InChI is InChI=1S/C18H22N4O/c1-2-3-10-19-18(23)15-12-17(21-13-20-15)22-11-6-8-14-7-4-5-9-16(14)22/h4-5,7,9,12-13H,2-3,6,8,10-11H2,1H3,(H,19,23). The van der Waals surface area contributed by atoms with Gasteiger partial charge in [-0.1, -0.05) is 31.5 Å². The smallest absolute Gasteiger partial charge is 0.270 e. The highest BCUT2D eigenvalue weighted by Gasteiger charge is 2.20. The summed E-state index contributed by atoms with van der Waals surface area (Å²) >= 11 is 0. The molecule has 1 amide bonds. The van der Waals surface area contributed by atoms with Crippen LogP contribution in [-0.4, -0.2) is 29.0 Å². The van der Waals surface area contributed by atoms with E-state index in [-0.39, 0.29) is 5.91 Å². The molecule has 0 saturated carbocycles. The number of hydrogen-bond acceptors (Lipinski definition) is 4. The van der Waals surface area contributed by atoms with E-state index in [1.165, 1.54) is 17.6 Å². The fourth-order valence-electron chi connectivity index (χ4n) is 2.86. The molecule has 0 atom stereocenters. The molecule has 0 unspecified atom stereocenters. The van der Waals surface area contributed by atoms with E-state index < -0.39 is 0 Å². The van der Waals surface area contributed by atoms with Gasteiger partial charge < -0.3 is 10.2 Å². The number of para-hydroxylation sites is 1. The number of anilines is 2. The monoisotopic (exact) mass is 310 g/mol. The van der Waals surface area contributed by atoms with Crippen molar-refractivity contribution in [2.45, 2.75) is 32.6 Å². The number of amides is 1. The Morgan fingerprint density at radius 2 is 2.17 bits per heavy atom. The number of carbonyl (C=O) groups is 1. The molecule has 0 bridgehead atoms. The highest BCUT2D eigenvalue weighted by molar-refractivity contribution is 5.93. The van der Waals surface area contributed by atoms with Gasteiger partial charge in [0.1, 0.15) is 17.8 Å². The van der Waals surface area contributed by atoms with Crippen molar-refractivity contribution in [3.63, 3.8) is 0 Å². The number of fused-ring (bicyclic) bond motifs is 1. The van der Waals surface area contributed by atoms with E-state index in [2.05, 4.69) is 45.3 Å². The summed E-state index contributed by atoms with van der Waals surface area (Å²) in [6.07, 6.45) is 5.67. The second-order valence-corrected chi connectivity index (χ2v) is 5.75. The van der Waals surface area contributed by atoms with Crippen molar-refractivity contribution in [1.29, 1.82) is 0 Å². The summed E-state index contributed by atoms with van der Waals surface area (Å²) in [4.78, 5) is 22.8. The summed E-state index contributed by atoms with van der Waals surface area (Å²) in [5.74, 6) is 0.653. The minimum atomic E-state index is -0.132. The molecule has 1 aromatic heterocycles. The number of nitrogens with zero attached hydrogens (tertiary/aromatic N) is 3. The molecule has 2 heterocycles. The van der Waals surface area contributed by atoms with Crippen LogP contribution in [0.5, 0.6) is 0 Å². The van der Waals surface area contributed by atoms with Crippen molar-refractivity contribution in [2.24, 2.45) is 0 Å². The van der Waals surface area contributed by atoms with Crippen LogP contribution in [0.2, 0.25) is 0 Å². The summed E-state index contributed by atoms with van der Waals surface area (Å²) < 4.78 is 0. The normalized spacial score (nSPS) is 13.5. The molecule has 5 heteroatoms. The first-order valence-electron chi connectivity index (χ1n) is 8.25. The molecule has 0 radical (unpaired) electrons. The van der Waals surface area contributed by atoms with E-state index in [1.807, 2.05) is 6.07 Å². The van der Waals surface area contributed by atoms with Gasteiger partial charge in [-0.2, -0.15) is 0 Å². The predicted molar refractivity (Wildman–Crippen MR) is 91.0 cm³/mol. The number of carbonyl (C=O) groups excluding carboxylic acids is 1. The van der Waals surface area contributed by atoms with Gasteiger partial charge in [-0.05, 0) is 30.9 Å². The number of hydrogen-bond donors (Lipinski definition) is 1. The number of rotatable bonds is 5. The Morgan fingerprint density at radius 1 is 1.30 bits per heavy atom. The molecule has 3 rings (SSSR count). The topological polar surface area (TPSA) is 58.1 Å². The van der Waals surface area contributed by atoms with Gasteiger partial charge in [0.15, 0.2) is 0 Å². The Labute approximate surface area is 136 Å². The van der Waals surface area contributed by atoms with E-state index in [1.54, 1.807) is 6.07 Å². The number of aryl methyl sites for hydroxylation is 1. The minimum Gasteiger partial charge on any atom is -0.351 e. The van der Waals surface area contributed by atoms with Crippen LogP contribution >= 0.6 is 0 Å². The average Bonchev–Trinajstić information content (AvgIpc) is 2.61. The van der Waals surface area contributed by atoms with Crippen molar-refractivity contribution < 1.29 is 4.79 Å². The van der Waals surface area contributed by atoms with Gasteiger partial charge in [0.25, 0.3) is 5.91 Å². The first-order chi connectivity index (χ1) is 11.3. The van der Waals surface area contributed by atoms with Crippen LogP contribution in [0, 0.1) is 0 Å². The molecule has 1 N–H and O–H groups in total. The molecule has 5 nitrogen and oxygen atoms in total. The Bertz CT molecular complexity index is 686. The molecule has 1 aliphatic heterocycles. The van der Waals surface area contributed by atoms with E-state index >= 15 is 0 Å². The molecule has 0 fully saturated rings. The highest BCUT2D eigenvalue weighted by atomic mass is 16.1. The first kappa shape index (κ1) is 15.5. The Balaban J connectivity index is 1.82. The molecular formula is C18H22N4O. The van der Waals surface area contributed by atoms with Crippen molar-refractivity contribution in [3.05, 3.63) is 47.9 Å². The van der Waals surface area contributed by atoms with Gasteiger partial charge in [0, 0.05) is 24.8 Å². The third kappa shape index (κ3) is 3.50. The maximum atomic E-state index is 12.2. The summed E-state index contributed by atoms with van der Waals surface area (Å²) in [6, 6.07) is 10.1. The van der Waals surface area contributed by atoms with Crippen LogP contribution in [0.4, 0.5) is 11.5 Å². The van der Waals surface area contributed by atoms with Crippen LogP contribution in [-0.2, 0) is 6.42 Å². The summed E-state index contributed by atoms with van der Waals surface area (Å²) in [6.45, 7) is 3.69. The minimum absolute atomic E-state index is 0.132. The molecule has 1 aliphatic rings. The average molecular weight is 310 g/mol. The van der Waals surface area contributed by atoms with Gasteiger partial charge in [-0.25, -0.2) is 9.97 Å². The van der Waals surface area contributed by atoms with Crippen molar-refractivity contribution in [1.82, 2.24) is 15.3 Å². The second-order valence-electron chi connectivity index (χ2n) is 5.75. The molecule has 2 aromatic rings. The quantitative estimate of drug-likeness (QED) is 0.862. The Morgan fingerprint density at radius 3 is 3.04 bits per heavy atom. The molecule has 0 saturated heterocycles. The maximum absolute atomic E-state index is 12.2.